The number of carbonyl (C=O) groups is 3. The summed E-state index contributed by atoms with van der Waals surface area (Å²) in [5, 5.41) is 21.7. The fraction of sp³-hybridized carbons (Fsp3) is 0.417. The number of ether oxygens (including phenoxy) is 1. The van der Waals surface area contributed by atoms with Crippen molar-refractivity contribution in [2.24, 2.45) is 0 Å². The first-order valence-electron chi connectivity index (χ1n) is 16.5. The number of amides is 4. The molecule has 0 unspecified atom stereocenters. The molecule has 0 aliphatic heterocycles. The van der Waals surface area contributed by atoms with Crippen LogP contribution in [0.15, 0.2) is 77.8 Å². The van der Waals surface area contributed by atoms with E-state index in [4.69, 9.17) is 4.74 Å². The van der Waals surface area contributed by atoms with Crippen molar-refractivity contribution in [2.45, 2.75) is 83.1 Å². The summed E-state index contributed by atoms with van der Waals surface area (Å²) in [5.41, 5.74) is 4.57. The van der Waals surface area contributed by atoms with Crippen LogP contribution in [0.3, 0.4) is 0 Å². The van der Waals surface area contributed by atoms with Gasteiger partial charge in [-0.1, -0.05) is 74.5 Å². The van der Waals surface area contributed by atoms with Crippen molar-refractivity contribution in [3.63, 3.8) is 0 Å². The summed E-state index contributed by atoms with van der Waals surface area (Å²) in [4.78, 5) is 50.6. The summed E-state index contributed by atoms with van der Waals surface area (Å²) in [5.74, 6) is -0.0873. The summed E-state index contributed by atoms with van der Waals surface area (Å²) in [7, 11) is 1.65. The number of rotatable bonds is 18. The van der Waals surface area contributed by atoms with Crippen molar-refractivity contribution < 1.29 is 24.2 Å². The Bertz CT molecular complexity index is 1570. The van der Waals surface area contributed by atoms with E-state index in [1.807, 2.05) is 66.0 Å². The van der Waals surface area contributed by atoms with E-state index in [1.165, 1.54) is 16.2 Å². The molecule has 49 heavy (non-hydrogen) atoms. The van der Waals surface area contributed by atoms with Crippen molar-refractivity contribution in [1.82, 2.24) is 30.8 Å². The molecule has 2 aromatic heterocycles. The number of nitrogens with zero attached hydrogens (tertiary/aromatic N) is 3. The predicted octanol–water partition coefficient (Wildman–Crippen LogP) is 5.66. The van der Waals surface area contributed by atoms with Crippen molar-refractivity contribution in [3.05, 3.63) is 104 Å². The van der Waals surface area contributed by atoms with E-state index in [0.29, 0.717) is 38.1 Å². The molecule has 4 aromatic rings. The molecule has 11 nitrogen and oxygen atoms in total. The molecule has 4 amide bonds. The number of thiazole rings is 2. The average Bonchev–Trinajstić information content (AvgIpc) is 3.80. The molecule has 262 valence electrons. The molecule has 13 heteroatoms. The minimum Gasteiger partial charge on any atom is -0.444 e. The summed E-state index contributed by atoms with van der Waals surface area (Å²) >= 11 is 2.98. The zero-order chi connectivity index (χ0) is 35.0. The molecule has 0 aliphatic carbocycles. The highest BCUT2D eigenvalue weighted by atomic mass is 32.1. The third-order valence-corrected chi connectivity index (χ3v) is 9.80. The summed E-state index contributed by atoms with van der Waals surface area (Å²) in [6, 6.07) is 17.8. The number of nitrogens with one attached hydrogen (secondary N) is 3. The Morgan fingerprint density at radius 1 is 0.878 bits per heavy atom. The van der Waals surface area contributed by atoms with E-state index in [1.54, 1.807) is 30.1 Å². The second kappa shape index (κ2) is 19.6. The molecular weight excluding hydrogens is 661 g/mol. The number of aliphatic hydroxyl groups is 1. The lowest BCUT2D eigenvalue weighted by atomic mass is 9.95. The fourth-order valence-corrected chi connectivity index (χ4v) is 6.57. The van der Waals surface area contributed by atoms with Crippen molar-refractivity contribution in [3.8, 4) is 0 Å². The highest BCUT2D eigenvalue weighted by Crippen LogP contribution is 2.20. The van der Waals surface area contributed by atoms with Gasteiger partial charge in [-0.3, -0.25) is 9.78 Å². The zero-order valence-electron chi connectivity index (χ0n) is 28.2. The Labute approximate surface area is 296 Å². The van der Waals surface area contributed by atoms with Gasteiger partial charge in [0.15, 0.2) is 0 Å². The maximum absolute atomic E-state index is 13.7. The first kappa shape index (κ1) is 37.5. The first-order valence-corrected chi connectivity index (χ1v) is 18.2. The molecule has 2 aromatic carbocycles. The maximum atomic E-state index is 13.7. The monoisotopic (exact) mass is 706 g/mol. The number of alkyl carbamates (subject to hydrolysis) is 1. The van der Waals surface area contributed by atoms with E-state index in [-0.39, 0.29) is 37.6 Å². The molecule has 2 heterocycles. The summed E-state index contributed by atoms with van der Waals surface area (Å²) in [6.45, 7) is 4.30. The van der Waals surface area contributed by atoms with Crippen LogP contribution >= 0.6 is 22.7 Å². The molecule has 0 radical (unpaired) electrons. The van der Waals surface area contributed by atoms with Crippen molar-refractivity contribution in [2.75, 3.05) is 13.7 Å². The second-order valence-electron chi connectivity index (χ2n) is 12.2. The van der Waals surface area contributed by atoms with Gasteiger partial charge in [-0.2, -0.15) is 0 Å². The number of carbonyl (C=O) groups excluding carboxylic acids is 3. The quantitative estimate of drug-likeness (QED) is 0.105. The van der Waals surface area contributed by atoms with Gasteiger partial charge in [-0.05, 0) is 43.2 Å². The van der Waals surface area contributed by atoms with Gasteiger partial charge in [0, 0.05) is 43.2 Å². The molecule has 0 saturated heterocycles. The topological polar surface area (TPSA) is 146 Å². The molecule has 4 N–H and O–H groups in total. The van der Waals surface area contributed by atoms with Crippen molar-refractivity contribution >= 4 is 40.7 Å². The number of aliphatic hydroxyl groups excluding tert-OH is 1. The SMILES string of the molecule is CC(C)c1nc(CN(C)C(=O)N[C@@H](CCO)C(=O)N[C@H](CC[C@H](Cc2ccccc2)NC(=O)OCc2cncs2)Cc2ccccc2)cs1. The van der Waals surface area contributed by atoms with Gasteiger partial charge in [0.1, 0.15) is 12.6 Å². The third kappa shape index (κ3) is 12.9. The lowest BCUT2D eigenvalue weighted by Gasteiger charge is -2.27. The Morgan fingerprint density at radius 2 is 1.51 bits per heavy atom. The van der Waals surface area contributed by atoms with Crippen LogP contribution < -0.4 is 16.0 Å². The molecule has 0 spiro atoms. The standard InChI is InChI=1S/C36H46N6O5S2/c1-25(2)34-39-30(23-48-34)21-42(3)35(45)41-32(16-17-43)33(44)38-28(18-26-10-6-4-7-11-26)14-15-29(19-27-12-8-5-9-13-27)40-36(46)47-22-31-20-37-24-49-31/h4-13,20,23-25,28-29,32,43H,14-19,21-22H2,1-3H3,(H,38,44)(H,40,46)(H,41,45)/t28-,29-,32+/m1/s1. The highest BCUT2D eigenvalue weighted by molar-refractivity contribution is 7.09. The van der Waals surface area contributed by atoms with Gasteiger partial charge in [0.2, 0.25) is 5.91 Å². The van der Waals surface area contributed by atoms with Crippen LogP contribution in [0, 0.1) is 0 Å². The van der Waals surface area contributed by atoms with Crippen LogP contribution in [0.25, 0.3) is 0 Å². The van der Waals surface area contributed by atoms with E-state index < -0.39 is 18.2 Å². The smallest absolute Gasteiger partial charge is 0.407 e. The van der Waals surface area contributed by atoms with Crippen LogP contribution in [-0.4, -0.2) is 69.8 Å². The normalized spacial score (nSPS) is 12.9. The van der Waals surface area contributed by atoms with Gasteiger partial charge in [-0.15, -0.1) is 22.7 Å². The molecule has 4 rings (SSSR count). The van der Waals surface area contributed by atoms with Gasteiger partial charge in [-0.25, -0.2) is 14.6 Å². The largest absolute Gasteiger partial charge is 0.444 e. The van der Waals surface area contributed by atoms with Crippen LogP contribution in [0.2, 0.25) is 0 Å². The first-order chi connectivity index (χ1) is 23.7. The van der Waals surface area contributed by atoms with E-state index >= 15 is 0 Å². The summed E-state index contributed by atoms with van der Waals surface area (Å²) in [6.07, 6.45) is 3.41. The summed E-state index contributed by atoms with van der Waals surface area (Å²) < 4.78 is 5.46. The number of hydrogen-bond donors (Lipinski definition) is 4. The molecule has 0 fully saturated rings. The minimum atomic E-state index is -0.945. The maximum Gasteiger partial charge on any atom is 0.407 e. The van der Waals surface area contributed by atoms with E-state index in [0.717, 1.165) is 26.7 Å². The lowest BCUT2D eigenvalue weighted by Crippen LogP contribution is -2.53. The highest BCUT2D eigenvalue weighted by Gasteiger charge is 2.26. The predicted molar refractivity (Wildman–Crippen MR) is 192 cm³/mol. The zero-order valence-corrected chi connectivity index (χ0v) is 29.8. The number of urea groups is 1. The Balaban J connectivity index is 1.42. The average molecular weight is 707 g/mol. The molecule has 0 bridgehead atoms. The lowest BCUT2D eigenvalue weighted by molar-refractivity contribution is -0.124. The third-order valence-electron chi connectivity index (χ3n) is 7.85. The number of hydrogen-bond acceptors (Lipinski definition) is 9. The molecule has 0 saturated carbocycles. The van der Waals surface area contributed by atoms with E-state index in [2.05, 4.69) is 39.8 Å². The molecular formula is C36H46N6O5S2. The van der Waals surface area contributed by atoms with Gasteiger partial charge in [0.25, 0.3) is 0 Å². The molecule has 0 aliphatic rings. The van der Waals surface area contributed by atoms with E-state index in [9.17, 15) is 19.5 Å². The number of benzene rings is 2. The van der Waals surface area contributed by atoms with Gasteiger partial charge >= 0.3 is 12.1 Å². The van der Waals surface area contributed by atoms with Gasteiger partial charge in [0.05, 0.1) is 27.6 Å². The van der Waals surface area contributed by atoms with Crippen LogP contribution in [0.1, 0.15) is 65.7 Å². The van der Waals surface area contributed by atoms with Gasteiger partial charge < -0.3 is 30.7 Å². The Kier molecular flexibility index (Phi) is 15.0. The second-order valence-corrected chi connectivity index (χ2v) is 14.1. The fourth-order valence-electron chi connectivity index (χ4n) is 5.24. The van der Waals surface area contributed by atoms with Crippen LogP contribution in [0.5, 0.6) is 0 Å². The van der Waals surface area contributed by atoms with Crippen LogP contribution in [0.4, 0.5) is 9.59 Å². The Hall–Kier alpha value is -4.33. The minimum absolute atomic E-state index is 0.0570. The van der Waals surface area contributed by atoms with Crippen molar-refractivity contribution in [1.29, 1.82) is 0 Å². The molecule has 3 atom stereocenters. The Morgan fingerprint density at radius 3 is 2.06 bits per heavy atom. The van der Waals surface area contributed by atoms with Crippen LogP contribution in [-0.2, 0) is 35.5 Å². The number of aromatic nitrogens is 2.